The van der Waals surface area contributed by atoms with Gasteiger partial charge in [-0.25, -0.2) is 4.85 Å². The number of nitriles is 1. The predicted molar refractivity (Wildman–Crippen MR) is 224 cm³/mol. The Labute approximate surface area is 315 Å². The van der Waals surface area contributed by atoms with Crippen LogP contribution in [-0.2, 0) is 0 Å². The number of fused-ring (bicyclic) bond motifs is 10. The zero-order chi connectivity index (χ0) is 36.6. The molecule has 3 heterocycles. The van der Waals surface area contributed by atoms with E-state index in [0.717, 1.165) is 88.4 Å². The van der Waals surface area contributed by atoms with Gasteiger partial charge in [-0.1, -0.05) is 97.1 Å². The van der Waals surface area contributed by atoms with E-state index in [4.69, 9.17) is 11.0 Å². The van der Waals surface area contributed by atoms with Crippen molar-refractivity contribution in [2.24, 2.45) is 0 Å². The lowest BCUT2D eigenvalue weighted by Gasteiger charge is -2.17. The number of furan rings is 1. The smallest absolute Gasteiger partial charge is 0.195 e. The lowest BCUT2D eigenvalue weighted by atomic mass is 9.97. The van der Waals surface area contributed by atoms with Crippen LogP contribution in [0.1, 0.15) is 5.56 Å². The van der Waals surface area contributed by atoms with Crippen LogP contribution in [0.3, 0.4) is 0 Å². The molecule has 11 rings (SSSR count). The molecule has 0 bridgehead atoms. The van der Waals surface area contributed by atoms with Crippen molar-refractivity contribution in [2.45, 2.75) is 0 Å². The number of para-hydroxylation sites is 4. The number of aromatic nitrogens is 2. The van der Waals surface area contributed by atoms with Gasteiger partial charge in [0.25, 0.3) is 0 Å². The molecule has 0 radical (unpaired) electrons. The first-order valence-electron chi connectivity index (χ1n) is 18.2. The lowest BCUT2D eigenvalue weighted by Crippen LogP contribution is -2.00. The van der Waals surface area contributed by atoms with E-state index >= 15 is 0 Å². The Balaban J connectivity index is 1.22. The molecule has 5 nitrogen and oxygen atoms in total. The molecule has 254 valence electrons. The molecule has 0 atom stereocenters. The summed E-state index contributed by atoms with van der Waals surface area (Å²) in [6.07, 6.45) is 0. The van der Waals surface area contributed by atoms with Gasteiger partial charge in [-0.2, -0.15) is 5.26 Å². The molecule has 0 saturated carbocycles. The maximum absolute atomic E-state index is 9.34. The van der Waals surface area contributed by atoms with E-state index in [0.29, 0.717) is 11.3 Å². The first kappa shape index (κ1) is 30.7. The molecule has 0 amide bonds. The van der Waals surface area contributed by atoms with Crippen LogP contribution in [0, 0.1) is 17.9 Å². The van der Waals surface area contributed by atoms with Crippen molar-refractivity contribution in [3.63, 3.8) is 0 Å². The van der Waals surface area contributed by atoms with Crippen LogP contribution in [0.25, 0.3) is 104 Å². The first-order chi connectivity index (χ1) is 27.2. The third-order valence-corrected chi connectivity index (χ3v) is 11.0. The lowest BCUT2D eigenvalue weighted by molar-refractivity contribution is 0.673. The fraction of sp³-hybridized carbons (Fsp3) is 0. The minimum absolute atomic E-state index is 0.554. The van der Waals surface area contributed by atoms with Gasteiger partial charge >= 0.3 is 0 Å². The molecule has 0 unspecified atom stereocenters. The summed E-state index contributed by atoms with van der Waals surface area (Å²) in [5.41, 5.74) is 12.9. The maximum atomic E-state index is 9.34. The number of hydrogen-bond acceptors (Lipinski definition) is 2. The molecular weight excluding hydrogens is 673 g/mol. The maximum Gasteiger partial charge on any atom is 0.195 e. The monoisotopic (exact) mass is 700 g/mol. The van der Waals surface area contributed by atoms with Crippen LogP contribution >= 0.6 is 0 Å². The number of nitrogens with zero attached hydrogens (tertiary/aromatic N) is 4. The van der Waals surface area contributed by atoms with E-state index in [1.807, 2.05) is 42.5 Å². The third-order valence-electron chi connectivity index (χ3n) is 11.0. The Morgan fingerprint density at radius 2 is 1.07 bits per heavy atom. The quantitative estimate of drug-likeness (QED) is 0.172. The van der Waals surface area contributed by atoms with Crippen molar-refractivity contribution < 1.29 is 4.42 Å². The van der Waals surface area contributed by atoms with Crippen molar-refractivity contribution >= 4 is 71.2 Å². The van der Waals surface area contributed by atoms with Crippen molar-refractivity contribution in [3.05, 3.63) is 187 Å². The molecule has 55 heavy (non-hydrogen) atoms. The van der Waals surface area contributed by atoms with Gasteiger partial charge in [0, 0.05) is 38.3 Å². The fourth-order valence-corrected chi connectivity index (χ4v) is 8.51. The van der Waals surface area contributed by atoms with Crippen LogP contribution < -0.4 is 0 Å². The molecule has 5 heteroatoms. The SMILES string of the molecule is [C-]#[N+]c1cc(-c2ccc(C#N)cc2)ccc1-c1cc(-n2c3ccccc3c3ccccc32)cc(-n2c3ccccc3c3c4oc5ccccc5c4ccc32)c1. The molecule has 0 aliphatic carbocycles. The van der Waals surface area contributed by atoms with E-state index in [2.05, 4.69) is 147 Å². The largest absolute Gasteiger partial charge is 0.455 e. The fourth-order valence-electron chi connectivity index (χ4n) is 8.51. The van der Waals surface area contributed by atoms with Gasteiger partial charge in [0.2, 0.25) is 0 Å². The standard InChI is InChI=1S/C50H28N4O/c1-52-43-28-33(32-20-18-31(30-51)19-21-32)22-23-37(43)34-26-35(53-44-14-6-2-10-38(44)39-11-3-7-15-45(39)53)29-36(27-34)54-46-16-8-4-13-42(46)49-47(54)25-24-41-40-12-5-9-17-48(40)55-50(41)49/h2-29H. The van der Waals surface area contributed by atoms with Crippen LogP contribution in [0.4, 0.5) is 5.69 Å². The van der Waals surface area contributed by atoms with Crippen LogP contribution in [0.15, 0.2) is 174 Å². The van der Waals surface area contributed by atoms with Crippen LogP contribution in [0.5, 0.6) is 0 Å². The Hall–Kier alpha value is -7.86. The summed E-state index contributed by atoms with van der Waals surface area (Å²) in [5, 5.41) is 16.1. The topological polar surface area (TPSA) is 51.1 Å². The average Bonchev–Trinajstić information content (AvgIpc) is 3.91. The minimum atomic E-state index is 0.554. The average molecular weight is 701 g/mol. The Morgan fingerprint density at radius 3 is 1.75 bits per heavy atom. The highest BCUT2D eigenvalue weighted by molar-refractivity contribution is 6.24. The summed E-state index contributed by atoms with van der Waals surface area (Å²) in [6.45, 7) is 8.36. The van der Waals surface area contributed by atoms with Crippen molar-refractivity contribution in [2.75, 3.05) is 0 Å². The molecule has 0 spiro atoms. The Bertz CT molecular complexity index is 3400. The van der Waals surface area contributed by atoms with Crippen molar-refractivity contribution in [1.82, 2.24) is 9.13 Å². The second-order valence-electron chi connectivity index (χ2n) is 13.9. The van der Waals surface area contributed by atoms with Crippen LogP contribution in [-0.4, -0.2) is 9.13 Å². The molecular formula is C50H28N4O. The molecule has 0 fully saturated rings. The summed E-state index contributed by atoms with van der Waals surface area (Å²) in [7, 11) is 0. The van der Waals surface area contributed by atoms with Gasteiger partial charge in [-0.05, 0) is 95.1 Å². The van der Waals surface area contributed by atoms with E-state index in [-0.39, 0.29) is 0 Å². The molecule has 8 aromatic carbocycles. The van der Waals surface area contributed by atoms with Crippen molar-refractivity contribution in [1.29, 1.82) is 5.26 Å². The second-order valence-corrected chi connectivity index (χ2v) is 13.9. The summed E-state index contributed by atoms with van der Waals surface area (Å²) in [6, 6.07) is 60.7. The molecule has 11 aromatic rings. The normalized spacial score (nSPS) is 11.6. The van der Waals surface area contributed by atoms with E-state index in [1.165, 1.54) is 10.8 Å². The van der Waals surface area contributed by atoms with E-state index in [1.54, 1.807) is 0 Å². The Kier molecular flexibility index (Phi) is 6.61. The number of hydrogen-bond donors (Lipinski definition) is 0. The van der Waals surface area contributed by atoms with Gasteiger partial charge in [0.1, 0.15) is 11.2 Å². The van der Waals surface area contributed by atoms with Gasteiger partial charge in [0.05, 0.1) is 45.7 Å². The van der Waals surface area contributed by atoms with Gasteiger partial charge in [0.15, 0.2) is 5.69 Å². The highest BCUT2D eigenvalue weighted by Crippen LogP contribution is 2.43. The van der Waals surface area contributed by atoms with Crippen LogP contribution in [0.2, 0.25) is 0 Å². The highest BCUT2D eigenvalue weighted by atomic mass is 16.3. The molecule has 0 saturated heterocycles. The first-order valence-corrected chi connectivity index (χ1v) is 18.2. The van der Waals surface area contributed by atoms with Crippen molar-refractivity contribution in [3.8, 4) is 39.7 Å². The van der Waals surface area contributed by atoms with E-state index < -0.39 is 0 Å². The van der Waals surface area contributed by atoms with E-state index in [9.17, 15) is 5.26 Å². The summed E-state index contributed by atoms with van der Waals surface area (Å²) < 4.78 is 11.3. The van der Waals surface area contributed by atoms with Gasteiger partial charge in [-0.3, -0.25) is 0 Å². The second kappa shape index (κ2) is 11.8. The highest BCUT2D eigenvalue weighted by Gasteiger charge is 2.21. The number of benzene rings is 8. The summed E-state index contributed by atoms with van der Waals surface area (Å²) in [5.74, 6) is 0. The zero-order valence-electron chi connectivity index (χ0n) is 29.4. The zero-order valence-corrected chi connectivity index (χ0v) is 29.4. The summed E-state index contributed by atoms with van der Waals surface area (Å²) >= 11 is 0. The number of rotatable bonds is 4. The Morgan fingerprint density at radius 1 is 0.491 bits per heavy atom. The molecule has 3 aromatic heterocycles. The minimum Gasteiger partial charge on any atom is -0.455 e. The predicted octanol–water partition coefficient (Wildman–Crippen LogP) is 13.5. The van der Waals surface area contributed by atoms with Gasteiger partial charge in [-0.15, -0.1) is 0 Å². The molecule has 0 N–H and O–H groups in total. The third kappa shape index (κ3) is 4.58. The molecule has 0 aliphatic heterocycles. The summed E-state index contributed by atoms with van der Waals surface area (Å²) in [4.78, 5) is 4.08. The molecule has 0 aliphatic rings. The van der Waals surface area contributed by atoms with Gasteiger partial charge < -0.3 is 13.6 Å².